The standard InChI is InChI=1S/C21H16N2O4S/c24-20(13-22-28(26,27)15-6-2-1-3-7-15)23-14-10-11-17-16-8-4-5-9-18(16)21(25)19(17)12-14/h1-12,22H,13H2,(H,23,24). The van der Waals surface area contributed by atoms with E-state index in [1.165, 1.54) is 12.1 Å². The molecule has 0 fully saturated rings. The number of hydrogen-bond donors (Lipinski definition) is 2. The molecule has 0 unspecified atom stereocenters. The van der Waals surface area contributed by atoms with E-state index in [9.17, 15) is 18.0 Å². The Labute approximate surface area is 162 Å². The van der Waals surface area contributed by atoms with E-state index >= 15 is 0 Å². The molecule has 3 aromatic carbocycles. The topological polar surface area (TPSA) is 92.3 Å². The molecule has 140 valence electrons. The molecule has 0 aromatic heterocycles. The first kappa shape index (κ1) is 18.1. The van der Waals surface area contributed by atoms with E-state index < -0.39 is 22.5 Å². The summed E-state index contributed by atoms with van der Waals surface area (Å²) in [6.45, 7) is -0.414. The molecule has 1 amide bonds. The van der Waals surface area contributed by atoms with E-state index in [1.54, 1.807) is 42.5 Å². The number of hydrogen-bond acceptors (Lipinski definition) is 4. The van der Waals surface area contributed by atoms with Gasteiger partial charge in [0.15, 0.2) is 5.78 Å². The van der Waals surface area contributed by atoms with E-state index in [0.717, 1.165) is 11.1 Å². The number of carbonyl (C=O) groups is 2. The van der Waals surface area contributed by atoms with Crippen molar-refractivity contribution in [1.82, 2.24) is 4.72 Å². The van der Waals surface area contributed by atoms with Gasteiger partial charge in [0.25, 0.3) is 0 Å². The van der Waals surface area contributed by atoms with Gasteiger partial charge in [-0.1, -0.05) is 48.5 Å². The Morgan fingerprint density at radius 3 is 2.18 bits per heavy atom. The lowest BCUT2D eigenvalue weighted by Crippen LogP contribution is -2.32. The number of fused-ring (bicyclic) bond motifs is 3. The maximum absolute atomic E-state index is 12.5. The minimum absolute atomic E-state index is 0.0868. The molecule has 0 saturated carbocycles. The highest BCUT2D eigenvalue weighted by atomic mass is 32.2. The molecule has 4 rings (SSSR count). The van der Waals surface area contributed by atoms with Gasteiger partial charge in [-0.05, 0) is 35.4 Å². The van der Waals surface area contributed by atoms with Gasteiger partial charge in [0.2, 0.25) is 15.9 Å². The van der Waals surface area contributed by atoms with Gasteiger partial charge in [0, 0.05) is 16.8 Å². The number of ketones is 1. The van der Waals surface area contributed by atoms with E-state index in [0.29, 0.717) is 16.8 Å². The molecule has 0 aliphatic heterocycles. The predicted molar refractivity (Wildman–Crippen MR) is 106 cm³/mol. The maximum atomic E-state index is 12.5. The summed E-state index contributed by atoms with van der Waals surface area (Å²) in [5.74, 6) is -0.617. The van der Waals surface area contributed by atoms with Crippen LogP contribution in [-0.2, 0) is 14.8 Å². The van der Waals surface area contributed by atoms with Crippen LogP contribution in [0.5, 0.6) is 0 Å². The highest BCUT2D eigenvalue weighted by molar-refractivity contribution is 7.89. The Hall–Kier alpha value is -3.29. The second-order valence-electron chi connectivity index (χ2n) is 6.32. The molecule has 2 N–H and O–H groups in total. The first-order chi connectivity index (χ1) is 13.5. The maximum Gasteiger partial charge on any atom is 0.241 e. The minimum atomic E-state index is -3.77. The van der Waals surface area contributed by atoms with Gasteiger partial charge in [0.1, 0.15) is 0 Å². The fourth-order valence-electron chi connectivity index (χ4n) is 3.15. The van der Waals surface area contributed by atoms with Crippen LogP contribution in [0, 0.1) is 0 Å². The van der Waals surface area contributed by atoms with Crippen molar-refractivity contribution in [2.24, 2.45) is 0 Å². The van der Waals surface area contributed by atoms with Crippen LogP contribution in [0.4, 0.5) is 5.69 Å². The number of sulfonamides is 1. The van der Waals surface area contributed by atoms with Gasteiger partial charge < -0.3 is 5.32 Å². The average molecular weight is 392 g/mol. The predicted octanol–water partition coefficient (Wildman–Crippen LogP) is 2.82. The van der Waals surface area contributed by atoms with Crippen molar-refractivity contribution in [2.75, 3.05) is 11.9 Å². The molecule has 1 aliphatic carbocycles. The number of nitrogens with one attached hydrogen (secondary N) is 2. The SMILES string of the molecule is O=C(CNS(=O)(=O)c1ccccc1)Nc1ccc2c(c1)C(=O)c1ccccc1-2. The molecule has 0 atom stereocenters. The smallest absolute Gasteiger partial charge is 0.241 e. The number of amides is 1. The molecule has 1 aliphatic rings. The van der Waals surface area contributed by atoms with E-state index in [1.807, 2.05) is 18.2 Å². The lowest BCUT2D eigenvalue weighted by atomic mass is 10.1. The Bertz CT molecular complexity index is 1190. The highest BCUT2D eigenvalue weighted by Gasteiger charge is 2.26. The van der Waals surface area contributed by atoms with Crippen LogP contribution in [0.3, 0.4) is 0 Å². The minimum Gasteiger partial charge on any atom is -0.325 e. The van der Waals surface area contributed by atoms with E-state index in [-0.39, 0.29) is 10.7 Å². The van der Waals surface area contributed by atoms with Crippen LogP contribution in [-0.4, -0.2) is 26.7 Å². The molecule has 28 heavy (non-hydrogen) atoms. The summed E-state index contributed by atoms with van der Waals surface area (Å²) in [6, 6.07) is 20.2. The number of benzene rings is 3. The van der Waals surface area contributed by atoms with Crippen molar-refractivity contribution in [2.45, 2.75) is 4.90 Å². The third-order valence-corrected chi connectivity index (χ3v) is 5.90. The first-order valence-electron chi connectivity index (χ1n) is 8.58. The summed E-state index contributed by atoms with van der Waals surface area (Å²) in [5, 5.41) is 2.62. The molecular weight excluding hydrogens is 376 g/mol. The second kappa shape index (κ2) is 7.03. The highest BCUT2D eigenvalue weighted by Crippen LogP contribution is 2.37. The van der Waals surface area contributed by atoms with Crippen molar-refractivity contribution in [3.8, 4) is 11.1 Å². The Kier molecular flexibility index (Phi) is 4.54. The fraction of sp³-hybridized carbons (Fsp3) is 0.0476. The number of carbonyl (C=O) groups excluding carboxylic acids is 2. The van der Waals surface area contributed by atoms with Crippen molar-refractivity contribution in [3.05, 3.63) is 83.9 Å². The van der Waals surface area contributed by atoms with Gasteiger partial charge in [-0.25, -0.2) is 13.1 Å². The first-order valence-corrected chi connectivity index (χ1v) is 10.1. The lowest BCUT2D eigenvalue weighted by Gasteiger charge is -2.09. The van der Waals surface area contributed by atoms with Crippen molar-refractivity contribution in [1.29, 1.82) is 0 Å². The van der Waals surface area contributed by atoms with Crippen LogP contribution < -0.4 is 10.0 Å². The van der Waals surface area contributed by atoms with Crippen molar-refractivity contribution >= 4 is 27.4 Å². The molecule has 6 nitrogen and oxygen atoms in total. The van der Waals surface area contributed by atoms with Gasteiger partial charge in [-0.15, -0.1) is 0 Å². The zero-order valence-electron chi connectivity index (χ0n) is 14.7. The molecule has 3 aromatic rings. The number of rotatable bonds is 5. The average Bonchev–Trinajstić information content (AvgIpc) is 2.99. The summed E-state index contributed by atoms with van der Waals surface area (Å²) < 4.78 is 26.6. The fourth-order valence-corrected chi connectivity index (χ4v) is 4.16. The Balaban J connectivity index is 1.46. The Morgan fingerprint density at radius 1 is 0.786 bits per heavy atom. The van der Waals surface area contributed by atoms with Crippen LogP contribution in [0.1, 0.15) is 15.9 Å². The van der Waals surface area contributed by atoms with E-state index in [2.05, 4.69) is 10.0 Å². The monoisotopic (exact) mass is 392 g/mol. The van der Waals surface area contributed by atoms with Gasteiger partial charge in [-0.3, -0.25) is 9.59 Å². The summed E-state index contributed by atoms with van der Waals surface area (Å²) in [5.41, 5.74) is 3.28. The van der Waals surface area contributed by atoms with Gasteiger partial charge in [-0.2, -0.15) is 0 Å². The Morgan fingerprint density at radius 2 is 1.43 bits per heavy atom. The van der Waals surface area contributed by atoms with Gasteiger partial charge >= 0.3 is 0 Å². The van der Waals surface area contributed by atoms with Crippen LogP contribution >= 0.6 is 0 Å². The van der Waals surface area contributed by atoms with E-state index in [4.69, 9.17) is 0 Å². The largest absolute Gasteiger partial charge is 0.325 e. The molecular formula is C21H16N2O4S. The van der Waals surface area contributed by atoms with Crippen molar-refractivity contribution < 1.29 is 18.0 Å². The van der Waals surface area contributed by atoms with Gasteiger partial charge in [0.05, 0.1) is 11.4 Å². The number of anilines is 1. The second-order valence-corrected chi connectivity index (χ2v) is 8.09. The molecule has 0 saturated heterocycles. The summed E-state index contributed by atoms with van der Waals surface area (Å²) in [4.78, 5) is 24.8. The molecule has 0 spiro atoms. The van der Waals surface area contributed by atoms with Crippen LogP contribution in [0.25, 0.3) is 11.1 Å². The van der Waals surface area contributed by atoms with Crippen LogP contribution in [0.2, 0.25) is 0 Å². The third-order valence-electron chi connectivity index (χ3n) is 4.49. The lowest BCUT2D eigenvalue weighted by molar-refractivity contribution is -0.115. The molecule has 7 heteroatoms. The zero-order valence-corrected chi connectivity index (χ0v) is 15.5. The zero-order chi connectivity index (χ0) is 19.7. The quantitative estimate of drug-likeness (QED) is 0.546. The molecule has 0 bridgehead atoms. The summed E-state index contributed by atoms with van der Waals surface area (Å²) in [7, 11) is -3.77. The summed E-state index contributed by atoms with van der Waals surface area (Å²) >= 11 is 0. The normalized spacial score (nSPS) is 12.4. The van der Waals surface area contributed by atoms with Crippen molar-refractivity contribution in [3.63, 3.8) is 0 Å². The van der Waals surface area contributed by atoms with Crippen LogP contribution in [0.15, 0.2) is 77.7 Å². The summed E-state index contributed by atoms with van der Waals surface area (Å²) in [6.07, 6.45) is 0. The third kappa shape index (κ3) is 3.33. The molecule has 0 heterocycles. The molecule has 0 radical (unpaired) electrons.